The highest BCUT2D eigenvalue weighted by Crippen LogP contribution is 2.27. The summed E-state index contributed by atoms with van der Waals surface area (Å²) in [5.41, 5.74) is 5.92. The Bertz CT molecular complexity index is 559. The number of nitrogens with two attached hydrogens (primary N) is 1. The third-order valence-corrected chi connectivity index (χ3v) is 4.30. The molecule has 0 bridgehead atoms. The molecule has 0 radical (unpaired) electrons. The number of rotatable bonds is 4. The number of benzene rings is 1. The minimum atomic E-state index is -0.415. The summed E-state index contributed by atoms with van der Waals surface area (Å²) in [6.07, 6.45) is 3.89. The fraction of sp³-hybridized carbons (Fsp3) is 0.429. The van der Waals surface area contributed by atoms with E-state index < -0.39 is 5.82 Å². The zero-order chi connectivity index (χ0) is 15.4. The van der Waals surface area contributed by atoms with E-state index in [1.807, 2.05) is 0 Å². The van der Waals surface area contributed by atoms with Gasteiger partial charge in [-0.15, -0.1) is 0 Å². The molecular formula is C14H17BrFN3O2. The first kappa shape index (κ1) is 15.8. The summed E-state index contributed by atoms with van der Waals surface area (Å²) in [6.45, 7) is 0.0593. The van der Waals surface area contributed by atoms with Gasteiger partial charge in [0, 0.05) is 10.5 Å². The van der Waals surface area contributed by atoms with Gasteiger partial charge in [0.1, 0.15) is 5.82 Å². The van der Waals surface area contributed by atoms with E-state index in [4.69, 9.17) is 10.9 Å². The van der Waals surface area contributed by atoms with Gasteiger partial charge in [0.2, 0.25) is 0 Å². The van der Waals surface area contributed by atoms with Gasteiger partial charge in [0.25, 0.3) is 5.91 Å². The number of carbonyl (C=O) groups is 1. The fourth-order valence-corrected chi connectivity index (χ4v) is 3.13. The van der Waals surface area contributed by atoms with E-state index in [-0.39, 0.29) is 24.3 Å². The second-order valence-corrected chi connectivity index (χ2v) is 5.94. The van der Waals surface area contributed by atoms with E-state index in [0.29, 0.717) is 10.0 Å². The first-order valence-corrected chi connectivity index (χ1v) is 7.54. The predicted molar refractivity (Wildman–Crippen MR) is 80.8 cm³/mol. The molecule has 0 spiro atoms. The Hall–Kier alpha value is -1.63. The standard InChI is InChI=1S/C14H17BrFN3O2/c15-12-7-9(16)5-6-11(12)14(20)19(8-13(17)18-21)10-3-1-2-4-10/h5-7,10,21H,1-4,8H2,(H2,17,18). The molecule has 0 atom stereocenters. The lowest BCUT2D eigenvalue weighted by molar-refractivity contribution is 0.0711. The van der Waals surface area contributed by atoms with Crippen LogP contribution < -0.4 is 5.73 Å². The van der Waals surface area contributed by atoms with Crippen molar-refractivity contribution in [2.75, 3.05) is 6.54 Å². The molecular weight excluding hydrogens is 341 g/mol. The Morgan fingerprint density at radius 1 is 1.48 bits per heavy atom. The molecule has 0 aromatic heterocycles. The third-order valence-electron chi connectivity index (χ3n) is 3.65. The van der Waals surface area contributed by atoms with Gasteiger partial charge in [-0.05, 0) is 47.0 Å². The van der Waals surface area contributed by atoms with Crippen molar-refractivity contribution >= 4 is 27.7 Å². The molecule has 1 amide bonds. The van der Waals surface area contributed by atoms with Crippen LogP contribution in [-0.2, 0) is 0 Å². The van der Waals surface area contributed by atoms with Gasteiger partial charge in [-0.25, -0.2) is 4.39 Å². The molecule has 1 saturated carbocycles. The molecule has 1 fully saturated rings. The Balaban J connectivity index is 2.28. The fourth-order valence-electron chi connectivity index (χ4n) is 2.61. The molecule has 1 aliphatic rings. The van der Waals surface area contributed by atoms with Crippen molar-refractivity contribution < 1.29 is 14.4 Å². The molecule has 1 aromatic carbocycles. The van der Waals surface area contributed by atoms with Crippen molar-refractivity contribution in [2.45, 2.75) is 31.7 Å². The van der Waals surface area contributed by atoms with Gasteiger partial charge in [-0.1, -0.05) is 18.0 Å². The largest absolute Gasteiger partial charge is 0.409 e. The summed E-state index contributed by atoms with van der Waals surface area (Å²) < 4.78 is 13.5. The minimum absolute atomic E-state index is 0.0199. The number of halogens is 2. The maximum atomic E-state index is 13.2. The predicted octanol–water partition coefficient (Wildman–Crippen LogP) is 2.72. The molecule has 114 valence electrons. The van der Waals surface area contributed by atoms with Gasteiger partial charge in [-0.2, -0.15) is 0 Å². The molecule has 0 aliphatic heterocycles. The van der Waals surface area contributed by atoms with Crippen LogP contribution in [0.15, 0.2) is 27.8 Å². The normalized spacial score (nSPS) is 16.2. The van der Waals surface area contributed by atoms with Crippen LogP contribution >= 0.6 is 15.9 Å². The Morgan fingerprint density at radius 2 is 2.14 bits per heavy atom. The second-order valence-electron chi connectivity index (χ2n) is 5.09. The molecule has 2 rings (SSSR count). The average Bonchev–Trinajstić information content (AvgIpc) is 2.97. The molecule has 1 aromatic rings. The maximum Gasteiger partial charge on any atom is 0.255 e. The molecule has 0 saturated heterocycles. The summed E-state index contributed by atoms with van der Waals surface area (Å²) in [4.78, 5) is 14.3. The van der Waals surface area contributed by atoms with E-state index in [2.05, 4.69) is 21.1 Å². The lowest BCUT2D eigenvalue weighted by Gasteiger charge is -2.28. The number of carbonyl (C=O) groups excluding carboxylic acids is 1. The number of amidine groups is 1. The highest BCUT2D eigenvalue weighted by Gasteiger charge is 2.29. The quantitative estimate of drug-likeness (QED) is 0.376. The lowest BCUT2D eigenvalue weighted by Crippen LogP contribution is -2.44. The van der Waals surface area contributed by atoms with Crippen molar-refractivity contribution in [3.63, 3.8) is 0 Å². The van der Waals surface area contributed by atoms with E-state index in [1.165, 1.54) is 18.2 Å². The maximum absolute atomic E-state index is 13.2. The number of nitrogens with zero attached hydrogens (tertiary/aromatic N) is 2. The monoisotopic (exact) mass is 357 g/mol. The summed E-state index contributed by atoms with van der Waals surface area (Å²) in [7, 11) is 0. The van der Waals surface area contributed by atoms with Gasteiger partial charge in [-0.3, -0.25) is 4.79 Å². The SMILES string of the molecule is NC(CN(C(=O)c1ccc(F)cc1Br)C1CCCC1)=NO. The number of hydrogen-bond acceptors (Lipinski definition) is 3. The molecule has 1 aliphatic carbocycles. The van der Waals surface area contributed by atoms with E-state index in [0.717, 1.165) is 25.7 Å². The molecule has 3 N–H and O–H groups in total. The average molecular weight is 358 g/mol. The molecule has 0 unspecified atom stereocenters. The van der Waals surface area contributed by atoms with Crippen LogP contribution in [-0.4, -0.2) is 34.4 Å². The van der Waals surface area contributed by atoms with Gasteiger partial charge in [0.15, 0.2) is 5.84 Å². The zero-order valence-electron chi connectivity index (χ0n) is 11.4. The van der Waals surface area contributed by atoms with Crippen molar-refractivity contribution in [3.05, 3.63) is 34.1 Å². The molecule has 5 nitrogen and oxygen atoms in total. The Labute approximate surface area is 130 Å². The molecule has 0 heterocycles. The minimum Gasteiger partial charge on any atom is -0.409 e. The van der Waals surface area contributed by atoms with Crippen molar-refractivity contribution in [3.8, 4) is 0 Å². The smallest absolute Gasteiger partial charge is 0.255 e. The van der Waals surface area contributed by atoms with Crippen molar-refractivity contribution in [1.82, 2.24) is 4.90 Å². The van der Waals surface area contributed by atoms with Gasteiger partial charge in [0.05, 0.1) is 12.1 Å². The third kappa shape index (κ3) is 3.72. The van der Waals surface area contributed by atoms with E-state index in [9.17, 15) is 9.18 Å². The molecule has 7 heteroatoms. The lowest BCUT2D eigenvalue weighted by atomic mass is 10.1. The highest BCUT2D eigenvalue weighted by atomic mass is 79.9. The van der Waals surface area contributed by atoms with Crippen molar-refractivity contribution in [2.24, 2.45) is 10.9 Å². The topological polar surface area (TPSA) is 78.9 Å². The Kier molecular flexibility index (Phi) is 5.17. The van der Waals surface area contributed by atoms with Crippen LogP contribution in [0.4, 0.5) is 4.39 Å². The molecule has 21 heavy (non-hydrogen) atoms. The summed E-state index contributed by atoms with van der Waals surface area (Å²) in [6, 6.07) is 4.00. The van der Waals surface area contributed by atoms with Crippen LogP contribution in [0, 0.1) is 5.82 Å². The Morgan fingerprint density at radius 3 is 2.71 bits per heavy atom. The van der Waals surface area contributed by atoms with Crippen molar-refractivity contribution in [1.29, 1.82) is 0 Å². The first-order valence-electron chi connectivity index (χ1n) is 6.75. The second kappa shape index (κ2) is 6.89. The highest BCUT2D eigenvalue weighted by molar-refractivity contribution is 9.10. The number of hydrogen-bond donors (Lipinski definition) is 2. The van der Waals surface area contributed by atoms with Crippen LogP contribution in [0.2, 0.25) is 0 Å². The van der Waals surface area contributed by atoms with E-state index >= 15 is 0 Å². The zero-order valence-corrected chi connectivity index (χ0v) is 13.0. The van der Waals surface area contributed by atoms with Crippen LogP contribution in [0.25, 0.3) is 0 Å². The van der Waals surface area contributed by atoms with Crippen LogP contribution in [0.5, 0.6) is 0 Å². The van der Waals surface area contributed by atoms with E-state index in [1.54, 1.807) is 4.90 Å². The number of oxime groups is 1. The van der Waals surface area contributed by atoms with Crippen LogP contribution in [0.1, 0.15) is 36.0 Å². The number of amides is 1. The van der Waals surface area contributed by atoms with Crippen LogP contribution in [0.3, 0.4) is 0 Å². The summed E-state index contributed by atoms with van der Waals surface area (Å²) in [5, 5.41) is 11.7. The summed E-state index contributed by atoms with van der Waals surface area (Å²) in [5.74, 6) is -0.684. The van der Waals surface area contributed by atoms with Gasteiger partial charge < -0.3 is 15.8 Å². The summed E-state index contributed by atoms with van der Waals surface area (Å²) >= 11 is 3.21. The first-order chi connectivity index (χ1) is 10.0. The van der Waals surface area contributed by atoms with Gasteiger partial charge >= 0.3 is 0 Å².